The van der Waals surface area contributed by atoms with Gasteiger partial charge in [0, 0.05) is 23.9 Å². The molecule has 0 bridgehead atoms. The fourth-order valence-corrected chi connectivity index (χ4v) is 3.85. The van der Waals surface area contributed by atoms with Gasteiger partial charge in [0.1, 0.15) is 5.75 Å². The van der Waals surface area contributed by atoms with Crippen LogP contribution in [0.3, 0.4) is 0 Å². The van der Waals surface area contributed by atoms with Crippen LogP contribution in [-0.2, 0) is 16.6 Å². The highest BCUT2D eigenvalue weighted by molar-refractivity contribution is 7.89. The van der Waals surface area contributed by atoms with Crippen LogP contribution in [0.4, 0.5) is 0 Å². The summed E-state index contributed by atoms with van der Waals surface area (Å²) >= 11 is 0. The van der Waals surface area contributed by atoms with Gasteiger partial charge in [-0.15, -0.1) is 0 Å². The predicted octanol–water partition coefficient (Wildman–Crippen LogP) is 2.58. The molecule has 0 fully saturated rings. The van der Waals surface area contributed by atoms with Gasteiger partial charge in [0.25, 0.3) is 0 Å². The Labute approximate surface area is 163 Å². The smallest absolute Gasteiger partial charge is 0.240 e. The second-order valence-electron chi connectivity index (χ2n) is 5.81. The van der Waals surface area contributed by atoms with E-state index in [1.165, 1.54) is 33.5 Å². The van der Waals surface area contributed by atoms with Gasteiger partial charge in [-0.3, -0.25) is 5.10 Å². The SMILES string of the molecule is COc1ccc(S(=O)(=O)NCc2cccc(OC)c2OC)cc1-c1ccn[nH]1. The lowest BCUT2D eigenvalue weighted by Gasteiger charge is -2.14. The average molecular weight is 403 g/mol. The molecular formula is C19H21N3O5S. The maximum absolute atomic E-state index is 12.8. The van der Waals surface area contributed by atoms with E-state index >= 15 is 0 Å². The number of nitrogens with zero attached hydrogens (tertiary/aromatic N) is 1. The third kappa shape index (κ3) is 3.95. The quantitative estimate of drug-likeness (QED) is 0.599. The van der Waals surface area contributed by atoms with Gasteiger partial charge in [0.05, 0.1) is 31.9 Å². The monoisotopic (exact) mass is 403 g/mol. The number of rotatable bonds is 8. The molecule has 3 rings (SSSR count). The Morgan fingerprint density at radius 2 is 1.79 bits per heavy atom. The Morgan fingerprint density at radius 3 is 2.43 bits per heavy atom. The first-order valence-corrected chi connectivity index (χ1v) is 9.85. The second-order valence-corrected chi connectivity index (χ2v) is 7.58. The molecule has 0 spiro atoms. The second kappa shape index (κ2) is 8.32. The molecule has 3 aromatic rings. The van der Waals surface area contributed by atoms with E-state index in [2.05, 4.69) is 14.9 Å². The number of hydrogen-bond donors (Lipinski definition) is 2. The molecule has 0 saturated carbocycles. The Balaban J connectivity index is 1.89. The first kappa shape index (κ1) is 19.7. The minimum absolute atomic E-state index is 0.0497. The molecule has 0 aliphatic rings. The highest BCUT2D eigenvalue weighted by Crippen LogP contribution is 2.32. The molecule has 2 aromatic carbocycles. The van der Waals surface area contributed by atoms with Crippen LogP contribution in [0.2, 0.25) is 0 Å². The van der Waals surface area contributed by atoms with E-state index in [1.807, 2.05) is 0 Å². The first-order valence-electron chi connectivity index (χ1n) is 8.37. The minimum Gasteiger partial charge on any atom is -0.496 e. The lowest BCUT2D eigenvalue weighted by Crippen LogP contribution is -2.23. The fraction of sp³-hybridized carbons (Fsp3) is 0.211. The van der Waals surface area contributed by atoms with Gasteiger partial charge in [-0.25, -0.2) is 13.1 Å². The van der Waals surface area contributed by atoms with E-state index in [9.17, 15) is 8.42 Å². The molecule has 0 radical (unpaired) electrons. The summed E-state index contributed by atoms with van der Waals surface area (Å²) in [5, 5.41) is 6.72. The van der Waals surface area contributed by atoms with E-state index in [1.54, 1.807) is 36.5 Å². The van der Waals surface area contributed by atoms with Gasteiger partial charge in [0.2, 0.25) is 10.0 Å². The summed E-state index contributed by atoms with van der Waals surface area (Å²) in [7, 11) is 0.785. The van der Waals surface area contributed by atoms with Gasteiger partial charge in [-0.1, -0.05) is 12.1 Å². The van der Waals surface area contributed by atoms with Crippen molar-refractivity contribution in [2.75, 3.05) is 21.3 Å². The highest BCUT2D eigenvalue weighted by atomic mass is 32.2. The zero-order chi connectivity index (χ0) is 20.1. The number of sulfonamides is 1. The van der Waals surface area contributed by atoms with Crippen molar-refractivity contribution in [3.8, 4) is 28.5 Å². The molecule has 1 aromatic heterocycles. The Hall–Kier alpha value is -3.04. The topological polar surface area (TPSA) is 103 Å². The molecule has 9 heteroatoms. The van der Waals surface area contributed by atoms with E-state index < -0.39 is 10.0 Å². The largest absolute Gasteiger partial charge is 0.496 e. The van der Waals surface area contributed by atoms with Gasteiger partial charge in [-0.2, -0.15) is 5.10 Å². The third-order valence-electron chi connectivity index (χ3n) is 4.21. The normalized spacial score (nSPS) is 11.2. The maximum Gasteiger partial charge on any atom is 0.240 e. The van der Waals surface area contributed by atoms with Crippen molar-refractivity contribution in [2.24, 2.45) is 0 Å². The third-order valence-corrected chi connectivity index (χ3v) is 5.61. The Morgan fingerprint density at radius 1 is 1.00 bits per heavy atom. The predicted molar refractivity (Wildman–Crippen MR) is 104 cm³/mol. The number of hydrogen-bond acceptors (Lipinski definition) is 6. The van der Waals surface area contributed by atoms with Crippen LogP contribution in [0.25, 0.3) is 11.3 Å². The van der Waals surface area contributed by atoms with Crippen LogP contribution in [-0.4, -0.2) is 39.9 Å². The van der Waals surface area contributed by atoms with Crippen LogP contribution < -0.4 is 18.9 Å². The summed E-state index contributed by atoms with van der Waals surface area (Å²) in [5.41, 5.74) is 1.91. The molecule has 1 heterocycles. The fourth-order valence-electron chi connectivity index (χ4n) is 2.82. The van der Waals surface area contributed by atoms with E-state index in [0.717, 1.165) is 0 Å². The molecule has 2 N–H and O–H groups in total. The molecule has 28 heavy (non-hydrogen) atoms. The van der Waals surface area contributed by atoms with Crippen molar-refractivity contribution in [1.82, 2.24) is 14.9 Å². The number of ether oxygens (including phenoxy) is 3. The molecular weight excluding hydrogens is 382 g/mol. The van der Waals surface area contributed by atoms with Crippen LogP contribution in [0.5, 0.6) is 17.2 Å². The van der Waals surface area contributed by atoms with Crippen LogP contribution in [0.15, 0.2) is 53.6 Å². The number of aromatic amines is 1. The van der Waals surface area contributed by atoms with E-state index in [4.69, 9.17) is 14.2 Å². The lowest BCUT2D eigenvalue weighted by atomic mass is 10.1. The number of nitrogens with one attached hydrogen (secondary N) is 2. The number of H-pyrrole nitrogens is 1. The molecule has 0 atom stereocenters. The molecule has 0 unspecified atom stereocenters. The number of benzene rings is 2. The van der Waals surface area contributed by atoms with Crippen molar-refractivity contribution in [3.05, 3.63) is 54.2 Å². The van der Waals surface area contributed by atoms with Crippen molar-refractivity contribution in [2.45, 2.75) is 11.4 Å². The first-order chi connectivity index (χ1) is 13.5. The van der Waals surface area contributed by atoms with Crippen molar-refractivity contribution in [1.29, 1.82) is 0 Å². The number of methoxy groups -OCH3 is 3. The van der Waals surface area contributed by atoms with Crippen molar-refractivity contribution < 1.29 is 22.6 Å². The number of aromatic nitrogens is 2. The molecule has 0 aliphatic heterocycles. The molecule has 8 nitrogen and oxygen atoms in total. The standard InChI is InChI=1S/C19H21N3O5S/c1-25-17-8-7-14(11-15(17)16-9-10-20-22-16)28(23,24)21-12-13-5-4-6-18(26-2)19(13)27-3/h4-11,21H,12H2,1-3H3,(H,20,22). The summed E-state index contributed by atoms with van der Waals surface area (Å²) in [6.45, 7) is 0.0497. The summed E-state index contributed by atoms with van der Waals surface area (Å²) in [6, 6.07) is 11.7. The van der Waals surface area contributed by atoms with Gasteiger partial charge in [0.15, 0.2) is 11.5 Å². The zero-order valence-electron chi connectivity index (χ0n) is 15.7. The van der Waals surface area contributed by atoms with E-state index in [0.29, 0.717) is 34.1 Å². The average Bonchev–Trinajstić information content (AvgIpc) is 3.26. The number of para-hydroxylation sites is 1. The highest BCUT2D eigenvalue weighted by Gasteiger charge is 2.19. The minimum atomic E-state index is -3.78. The molecule has 0 aliphatic carbocycles. The van der Waals surface area contributed by atoms with Gasteiger partial charge in [-0.05, 0) is 30.3 Å². The van der Waals surface area contributed by atoms with Gasteiger partial charge < -0.3 is 14.2 Å². The summed E-state index contributed by atoms with van der Waals surface area (Å²) in [4.78, 5) is 0.111. The molecule has 0 saturated heterocycles. The van der Waals surface area contributed by atoms with E-state index in [-0.39, 0.29) is 11.4 Å². The van der Waals surface area contributed by atoms with Gasteiger partial charge >= 0.3 is 0 Å². The summed E-state index contributed by atoms with van der Waals surface area (Å²) in [6.07, 6.45) is 1.59. The summed E-state index contributed by atoms with van der Waals surface area (Å²) < 4.78 is 44.2. The Kier molecular flexibility index (Phi) is 5.86. The van der Waals surface area contributed by atoms with Crippen LogP contribution in [0.1, 0.15) is 5.56 Å². The zero-order valence-corrected chi connectivity index (χ0v) is 16.5. The lowest BCUT2D eigenvalue weighted by molar-refractivity contribution is 0.351. The van der Waals surface area contributed by atoms with Crippen LogP contribution >= 0.6 is 0 Å². The van der Waals surface area contributed by atoms with Crippen LogP contribution in [0, 0.1) is 0 Å². The van der Waals surface area contributed by atoms with Crippen molar-refractivity contribution in [3.63, 3.8) is 0 Å². The molecule has 0 amide bonds. The maximum atomic E-state index is 12.8. The summed E-state index contributed by atoms with van der Waals surface area (Å²) in [5.74, 6) is 1.56. The Bertz CT molecular complexity index is 1050. The molecule has 148 valence electrons. The van der Waals surface area contributed by atoms with Crippen molar-refractivity contribution >= 4 is 10.0 Å².